The van der Waals surface area contributed by atoms with Crippen molar-refractivity contribution in [2.24, 2.45) is 0 Å². The Morgan fingerprint density at radius 2 is 1.92 bits per heavy atom. The number of hydrazine groups is 1. The zero-order chi connectivity index (χ0) is 17.1. The van der Waals surface area contributed by atoms with Crippen LogP contribution in [0.15, 0.2) is 36.4 Å². The first-order valence-electron chi connectivity index (χ1n) is 8.04. The Morgan fingerprint density at radius 1 is 1.17 bits per heavy atom. The molecule has 2 N–H and O–H groups in total. The summed E-state index contributed by atoms with van der Waals surface area (Å²) < 4.78 is 7.30. The molecule has 1 aliphatic rings. The molecule has 1 unspecified atom stereocenters. The second-order valence-corrected chi connectivity index (χ2v) is 5.90. The van der Waals surface area contributed by atoms with E-state index in [-0.39, 0.29) is 11.8 Å². The minimum absolute atomic E-state index is 0.308. The first-order chi connectivity index (χ1) is 11.6. The van der Waals surface area contributed by atoms with Gasteiger partial charge in [-0.1, -0.05) is 18.2 Å². The number of carbonyl (C=O) groups is 2. The lowest BCUT2D eigenvalue weighted by Gasteiger charge is -2.12. The zero-order valence-corrected chi connectivity index (χ0v) is 13.8. The van der Waals surface area contributed by atoms with E-state index in [1.165, 1.54) is 0 Å². The van der Waals surface area contributed by atoms with Crippen LogP contribution in [0.1, 0.15) is 34.6 Å². The molecule has 0 aliphatic carbocycles. The third-order valence-corrected chi connectivity index (χ3v) is 4.21. The molecule has 1 saturated heterocycles. The van der Waals surface area contributed by atoms with Crippen molar-refractivity contribution in [1.29, 1.82) is 0 Å². The Morgan fingerprint density at radius 3 is 2.58 bits per heavy atom. The van der Waals surface area contributed by atoms with Crippen molar-refractivity contribution in [1.82, 2.24) is 15.4 Å². The second-order valence-electron chi connectivity index (χ2n) is 5.90. The average molecular weight is 327 g/mol. The monoisotopic (exact) mass is 327 g/mol. The Bertz CT molecular complexity index is 746. The second kappa shape index (κ2) is 6.88. The molecule has 3 rings (SSSR count). The van der Waals surface area contributed by atoms with Gasteiger partial charge in [0, 0.05) is 23.7 Å². The lowest BCUT2D eigenvalue weighted by molar-refractivity contribution is -0.130. The summed E-state index contributed by atoms with van der Waals surface area (Å²) in [5.41, 5.74) is 8.22. The molecular formula is C18H21N3O3. The van der Waals surface area contributed by atoms with Crippen LogP contribution in [0.3, 0.4) is 0 Å². The summed E-state index contributed by atoms with van der Waals surface area (Å²) in [6.45, 7) is 4.42. The summed E-state index contributed by atoms with van der Waals surface area (Å²) >= 11 is 0. The maximum absolute atomic E-state index is 12.4. The summed E-state index contributed by atoms with van der Waals surface area (Å²) in [5, 5.41) is 0. The van der Waals surface area contributed by atoms with E-state index in [0.29, 0.717) is 18.6 Å². The highest BCUT2D eigenvalue weighted by Crippen LogP contribution is 2.20. The molecule has 0 bridgehead atoms. The van der Waals surface area contributed by atoms with E-state index in [9.17, 15) is 9.59 Å². The van der Waals surface area contributed by atoms with Crippen molar-refractivity contribution in [3.05, 3.63) is 53.3 Å². The van der Waals surface area contributed by atoms with Crippen LogP contribution < -0.4 is 10.9 Å². The molecule has 6 heteroatoms. The van der Waals surface area contributed by atoms with Gasteiger partial charge in [-0.3, -0.25) is 20.4 Å². The molecule has 2 heterocycles. The van der Waals surface area contributed by atoms with Crippen LogP contribution in [0.5, 0.6) is 0 Å². The van der Waals surface area contributed by atoms with Gasteiger partial charge in [0.1, 0.15) is 6.10 Å². The van der Waals surface area contributed by atoms with Crippen LogP contribution in [0, 0.1) is 13.8 Å². The van der Waals surface area contributed by atoms with Gasteiger partial charge in [0.2, 0.25) is 0 Å². The van der Waals surface area contributed by atoms with Gasteiger partial charge in [0.05, 0.1) is 5.56 Å². The average Bonchev–Trinajstić information content (AvgIpc) is 3.21. The number of hydrogen-bond acceptors (Lipinski definition) is 3. The van der Waals surface area contributed by atoms with Crippen LogP contribution in [0.25, 0.3) is 5.69 Å². The molecule has 0 spiro atoms. The predicted molar refractivity (Wildman–Crippen MR) is 89.8 cm³/mol. The number of aryl methyl sites for hydroxylation is 1. The van der Waals surface area contributed by atoms with Crippen LogP contribution in [0.2, 0.25) is 0 Å². The fraction of sp³-hybridized carbons (Fsp3) is 0.333. The summed E-state index contributed by atoms with van der Waals surface area (Å²) in [6, 6.07) is 11.6. The van der Waals surface area contributed by atoms with E-state index >= 15 is 0 Å². The van der Waals surface area contributed by atoms with Crippen molar-refractivity contribution < 1.29 is 14.3 Å². The van der Waals surface area contributed by atoms with Crippen molar-refractivity contribution in [3.8, 4) is 5.69 Å². The lowest BCUT2D eigenvalue weighted by Crippen LogP contribution is -2.46. The van der Waals surface area contributed by atoms with E-state index in [2.05, 4.69) is 10.9 Å². The van der Waals surface area contributed by atoms with Crippen molar-refractivity contribution >= 4 is 11.8 Å². The molecule has 0 radical (unpaired) electrons. The number of para-hydroxylation sites is 1. The molecule has 126 valence electrons. The number of nitrogens with zero attached hydrogens (tertiary/aromatic N) is 1. The van der Waals surface area contributed by atoms with Gasteiger partial charge in [-0.2, -0.15) is 0 Å². The van der Waals surface area contributed by atoms with Crippen LogP contribution in [-0.2, 0) is 9.53 Å². The summed E-state index contributed by atoms with van der Waals surface area (Å²) in [7, 11) is 0. The summed E-state index contributed by atoms with van der Waals surface area (Å²) in [5.74, 6) is -0.644. The molecule has 2 aromatic rings. The van der Waals surface area contributed by atoms with Gasteiger partial charge in [-0.05, 0) is 44.9 Å². The number of rotatable bonds is 3. The van der Waals surface area contributed by atoms with E-state index in [0.717, 1.165) is 23.5 Å². The third-order valence-electron chi connectivity index (χ3n) is 4.21. The molecule has 0 saturated carbocycles. The topological polar surface area (TPSA) is 72.4 Å². The first-order valence-corrected chi connectivity index (χ1v) is 8.04. The maximum Gasteiger partial charge on any atom is 0.271 e. The lowest BCUT2D eigenvalue weighted by atomic mass is 10.2. The number of carbonyl (C=O) groups excluding carboxylic acids is 2. The SMILES string of the molecule is Cc1cc(C(=O)NNC(=O)C2CCCO2)c(C)n1-c1ccccc1. The van der Waals surface area contributed by atoms with Crippen molar-refractivity contribution in [3.63, 3.8) is 0 Å². The number of nitrogens with one attached hydrogen (secondary N) is 2. The fourth-order valence-electron chi connectivity index (χ4n) is 3.02. The zero-order valence-electron chi connectivity index (χ0n) is 13.8. The summed E-state index contributed by atoms with van der Waals surface area (Å²) in [4.78, 5) is 24.3. The molecular weight excluding hydrogens is 306 g/mol. The molecule has 24 heavy (non-hydrogen) atoms. The fourth-order valence-corrected chi connectivity index (χ4v) is 3.02. The molecule has 6 nitrogen and oxygen atoms in total. The van der Waals surface area contributed by atoms with Crippen LogP contribution >= 0.6 is 0 Å². The Hall–Kier alpha value is -2.60. The highest BCUT2D eigenvalue weighted by molar-refractivity contribution is 5.97. The molecule has 1 aromatic heterocycles. The van der Waals surface area contributed by atoms with Gasteiger partial charge in [-0.15, -0.1) is 0 Å². The first kappa shape index (κ1) is 16.3. The van der Waals surface area contributed by atoms with Crippen molar-refractivity contribution in [2.75, 3.05) is 6.61 Å². The van der Waals surface area contributed by atoms with Crippen LogP contribution in [-0.4, -0.2) is 29.1 Å². The van der Waals surface area contributed by atoms with Gasteiger partial charge in [0.15, 0.2) is 0 Å². The molecule has 2 amide bonds. The molecule has 1 aliphatic heterocycles. The quantitative estimate of drug-likeness (QED) is 0.847. The van der Waals surface area contributed by atoms with Gasteiger partial charge < -0.3 is 9.30 Å². The van der Waals surface area contributed by atoms with E-state index in [1.807, 2.05) is 54.8 Å². The Labute approximate surface area is 140 Å². The normalized spacial score (nSPS) is 16.8. The number of aromatic nitrogens is 1. The highest BCUT2D eigenvalue weighted by Gasteiger charge is 2.24. The number of hydrogen-bond donors (Lipinski definition) is 2. The molecule has 1 fully saturated rings. The Kier molecular flexibility index (Phi) is 4.66. The van der Waals surface area contributed by atoms with Crippen molar-refractivity contribution in [2.45, 2.75) is 32.8 Å². The highest BCUT2D eigenvalue weighted by atomic mass is 16.5. The van der Waals surface area contributed by atoms with Gasteiger partial charge >= 0.3 is 0 Å². The summed E-state index contributed by atoms with van der Waals surface area (Å²) in [6.07, 6.45) is 1.08. The van der Waals surface area contributed by atoms with Crippen LogP contribution in [0.4, 0.5) is 0 Å². The molecule has 1 atom stereocenters. The third kappa shape index (κ3) is 3.19. The van der Waals surface area contributed by atoms with E-state index < -0.39 is 6.10 Å². The maximum atomic E-state index is 12.4. The minimum atomic E-state index is -0.470. The number of ether oxygens (including phenoxy) is 1. The molecule has 1 aromatic carbocycles. The smallest absolute Gasteiger partial charge is 0.271 e. The standard InChI is InChI=1S/C18H21N3O3/c1-12-11-15(13(2)21(12)14-7-4-3-5-8-14)17(22)19-20-18(23)16-9-6-10-24-16/h3-5,7-8,11,16H,6,9-10H2,1-2H3,(H,19,22)(H,20,23). The van der Waals surface area contributed by atoms with Gasteiger partial charge in [0.25, 0.3) is 11.8 Å². The number of benzene rings is 1. The predicted octanol–water partition coefficient (Wildman–Crippen LogP) is 2.03. The largest absolute Gasteiger partial charge is 0.368 e. The van der Waals surface area contributed by atoms with E-state index in [1.54, 1.807) is 0 Å². The number of amides is 2. The van der Waals surface area contributed by atoms with E-state index in [4.69, 9.17) is 4.74 Å². The Balaban J connectivity index is 1.73. The minimum Gasteiger partial charge on any atom is -0.368 e. The van der Waals surface area contributed by atoms with Gasteiger partial charge in [-0.25, -0.2) is 0 Å².